The normalized spacial score (nSPS) is 12.0. The molecule has 0 saturated carbocycles. The molecule has 3 aromatic rings. The number of sulfonamides is 2. The van der Waals surface area contributed by atoms with Crippen molar-refractivity contribution >= 4 is 77.6 Å². The van der Waals surface area contributed by atoms with Gasteiger partial charge in [-0.2, -0.15) is 0 Å². The van der Waals surface area contributed by atoms with Crippen molar-refractivity contribution in [2.45, 2.75) is 9.10 Å². The summed E-state index contributed by atoms with van der Waals surface area (Å²) in [5.74, 6) is -0.787. The Kier molecular flexibility index (Phi) is 6.32. The summed E-state index contributed by atoms with van der Waals surface area (Å²) in [4.78, 5) is -0.331. The maximum absolute atomic E-state index is 13.3. The topological polar surface area (TPSA) is 92.3 Å². The lowest BCUT2D eigenvalue weighted by atomic mass is 10.3. The average molecular weight is 516 g/mol. The van der Waals surface area contributed by atoms with E-state index in [1.54, 1.807) is 11.4 Å². The number of hydrogen-bond donors (Lipinski definition) is 2. The van der Waals surface area contributed by atoms with E-state index in [1.807, 2.05) is 0 Å². The van der Waals surface area contributed by atoms with Crippen molar-refractivity contribution in [3.8, 4) is 0 Å². The minimum atomic E-state index is -4.25. The van der Waals surface area contributed by atoms with E-state index in [1.165, 1.54) is 12.1 Å². The fourth-order valence-corrected chi connectivity index (χ4v) is 5.91. The SMILES string of the molecule is O=S(=O)(Nc1cc(Cl)c(Cl)cc1NS(=O)(=O)c1cccs1)c1ccc(F)c(Cl)c1. The zero-order valence-corrected chi connectivity index (χ0v) is 18.7. The third-order valence-corrected chi connectivity index (χ3v) is 8.65. The summed E-state index contributed by atoms with van der Waals surface area (Å²) in [7, 11) is -8.24. The Morgan fingerprint density at radius 2 is 1.38 bits per heavy atom. The van der Waals surface area contributed by atoms with Crippen molar-refractivity contribution < 1.29 is 21.2 Å². The number of halogens is 4. The second kappa shape index (κ2) is 8.29. The minimum absolute atomic E-state index is 0.00307. The molecule has 0 aliphatic rings. The van der Waals surface area contributed by atoms with Crippen molar-refractivity contribution in [3.05, 3.63) is 68.7 Å². The highest BCUT2D eigenvalue weighted by atomic mass is 35.5. The Balaban J connectivity index is 2.03. The van der Waals surface area contributed by atoms with E-state index >= 15 is 0 Å². The van der Waals surface area contributed by atoms with Gasteiger partial charge in [-0.15, -0.1) is 11.3 Å². The lowest BCUT2D eigenvalue weighted by Gasteiger charge is -2.15. The zero-order valence-electron chi connectivity index (χ0n) is 14.0. The van der Waals surface area contributed by atoms with Crippen molar-refractivity contribution in [2.75, 3.05) is 9.44 Å². The van der Waals surface area contributed by atoms with Gasteiger partial charge in [-0.3, -0.25) is 9.44 Å². The predicted molar refractivity (Wildman–Crippen MR) is 114 cm³/mol. The molecule has 3 rings (SSSR count). The first-order chi connectivity index (χ1) is 13.5. The van der Waals surface area contributed by atoms with Gasteiger partial charge < -0.3 is 0 Å². The van der Waals surface area contributed by atoms with Crippen molar-refractivity contribution in [1.82, 2.24) is 0 Å². The molecule has 13 heteroatoms. The number of thiophene rings is 1. The predicted octanol–water partition coefficient (Wildman–Crippen LogP) is 5.45. The Morgan fingerprint density at radius 3 is 1.90 bits per heavy atom. The number of nitrogens with one attached hydrogen (secondary N) is 2. The van der Waals surface area contributed by atoms with Crippen LogP contribution in [0.1, 0.15) is 0 Å². The highest BCUT2D eigenvalue weighted by molar-refractivity contribution is 7.94. The third-order valence-electron chi connectivity index (χ3n) is 3.51. The molecular weight excluding hydrogens is 506 g/mol. The van der Waals surface area contributed by atoms with Crippen LogP contribution >= 0.6 is 46.1 Å². The molecule has 0 atom stereocenters. The fraction of sp³-hybridized carbons (Fsp3) is 0. The largest absolute Gasteiger partial charge is 0.277 e. The van der Waals surface area contributed by atoms with Crippen LogP contribution < -0.4 is 9.44 Å². The lowest BCUT2D eigenvalue weighted by molar-refractivity contribution is 0.598. The minimum Gasteiger partial charge on any atom is -0.277 e. The number of benzene rings is 2. The maximum atomic E-state index is 13.3. The molecule has 6 nitrogen and oxygen atoms in total. The van der Waals surface area contributed by atoms with Crippen molar-refractivity contribution in [3.63, 3.8) is 0 Å². The first kappa shape index (κ1) is 22.1. The third kappa shape index (κ3) is 4.96. The van der Waals surface area contributed by atoms with Crippen LogP contribution in [0.5, 0.6) is 0 Å². The van der Waals surface area contributed by atoms with Crippen molar-refractivity contribution in [2.24, 2.45) is 0 Å². The highest BCUT2D eigenvalue weighted by Crippen LogP contribution is 2.35. The molecule has 0 bridgehead atoms. The van der Waals surface area contributed by atoms with E-state index in [0.717, 1.165) is 35.6 Å². The molecule has 154 valence electrons. The molecule has 0 radical (unpaired) electrons. The van der Waals surface area contributed by atoms with E-state index in [2.05, 4.69) is 9.44 Å². The second-order valence-corrected chi connectivity index (χ2v) is 11.3. The van der Waals surface area contributed by atoms with E-state index < -0.39 is 25.9 Å². The first-order valence-corrected chi connectivity index (χ1v) is 12.5. The molecule has 29 heavy (non-hydrogen) atoms. The summed E-state index contributed by atoms with van der Waals surface area (Å²) >= 11 is 18.6. The van der Waals surface area contributed by atoms with Crippen LogP contribution in [0.15, 0.2) is 56.9 Å². The van der Waals surface area contributed by atoms with Crippen LogP contribution in [0.2, 0.25) is 15.1 Å². The molecule has 0 spiro atoms. The molecule has 2 N–H and O–H groups in total. The van der Waals surface area contributed by atoms with Gasteiger partial charge in [0.1, 0.15) is 10.0 Å². The van der Waals surface area contributed by atoms with Gasteiger partial charge in [-0.05, 0) is 41.8 Å². The van der Waals surface area contributed by atoms with Gasteiger partial charge in [0.25, 0.3) is 20.0 Å². The van der Waals surface area contributed by atoms with Gasteiger partial charge in [0, 0.05) is 0 Å². The molecule has 0 fully saturated rings. The van der Waals surface area contributed by atoms with E-state index in [-0.39, 0.29) is 35.5 Å². The second-order valence-electron chi connectivity index (χ2n) is 5.53. The van der Waals surface area contributed by atoms with Crippen LogP contribution in [0.25, 0.3) is 0 Å². The van der Waals surface area contributed by atoms with Gasteiger partial charge in [-0.25, -0.2) is 21.2 Å². The Labute approximate surface area is 185 Å². The zero-order chi connectivity index (χ0) is 21.4. The summed E-state index contributed by atoms with van der Waals surface area (Å²) in [6.45, 7) is 0. The molecular formula is C16H10Cl3FN2O4S3. The van der Waals surface area contributed by atoms with Crippen LogP contribution in [-0.2, 0) is 20.0 Å². The fourth-order valence-electron chi connectivity index (χ4n) is 2.17. The number of anilines is 2. The van der Waals surface area contributed by atoms with E-state index in [9.17, 15) is 21.2 Å². The van der Waals surface area contributed by atoms with Crippen LogP contribution in [-0.4, -0.2) is 16.8 Å². The molecule has 1 aromatic heterocycles. The summed E-state index contributed by atoms with van der Waals surface area (Å²) in [6, 6.07) is 8.09. The molecule has 0 saturated heterocycles. The van der Waals surface area contributed by atoms with E-state index in [4.69, 9.17) is 34.8 Å². The quantitative estimate of drug-likeness (QED) is 0.457. The van der Waals surface area contributed by atoms with Gasteiger partial charge in [0.15, 0.2) is 0 Å². The molecule has 0 unspecified atom stereocenters. The first-order valence-electron chi connectivity index (χ1n) is 7.53. The Morgan fingerprint density at radius 1 is 0.793 bits per heavy atom. The molecule has 2 aromatic carbocycles. The van der Waals surface area contributed by atoms with Gasteiger partial charge in [-0.1, -0.05) is 40.9 Å². The molecule has 0 amide bonds. The monoisotopic (exact) mass is 514 g/mol. The average Bonchev–Trinajstić information content (AvgIpc) is 3.17. The smallest absolute Gasteiger partial charge is 0.271 e. The molecule has 0 aliphatic carbocycles. The van der Waals surface area contributed by atoms with Crippen LogP contribution in [0.4, 0.5) is 15.8 Å². The summed E-state index contributed by atoms with van der Waals surface area (Å²) in [6.07, 6.45) is 0. The van der Waals surface area contributed by atoms with E-state index in [0.29, 0.717) is 0 Å². The number of rotatable bonds is 6. The summed E-state index contributed by atoms with van der Waals surface area (Å²) < 4.78 is 68.2. The Bertz CT molecular complexity index is 1280. The van der Waals surface area contributed by atoms with Crippen LogP contribution in [0, 0.1) is 5.82 Å². The lowest BCUT2D eigenvalue weighted by Crippen LogP contribution is -2.17. The van der Waals surface area contributed by atoms with Gasteiger partial charge in [0.2, 0.25) is 0 Å². The standard InChI is InChI=1S/C16H10Cl3FN2O4S3/c17-10-7-14(21-28(23,24)9-3-4-13(20)12(19)6-9)15(8-11(10)18)22-29(25,26)16-2-1-5-27-16/h1-8,21-22H. The molecule has 0 aliphatic heterocycles. The maximum Gasteiger partial charge on any atom is 0.271 e. The highest BCUT2D eigenvalue weighted by Gasteiger charge is 2.22. The molecule has 1 heterocycles. The Hall–Kier alpha value is -1.56. The summed E-state index contributed by atoms with van der Waals surface area (Å²) in [5, 5.41) is 1.18. The summed E-state index contributed by atoms with van der Waals surface area (Å²) in [5.41, 5.74) is -0.329. The van der Waals surface area contributed by atoms with Crippen molar-refractivity contribution in [1.29, 1.82) is 0 Å². The van der Waals surface area contributed by atoms with Crippen LogP contribution in [0.3, 0.4) is 0 Å². The van der Waals surface area contributed by atoms with Gasteiger partial charge in [0.05, 0.1) is 31.3 Å². The number of hydrogen-bond acceptors (Lipinski definition) is 5. The van der Waals surface area contributed by atoms with Gasteiger partial charge >= 0.3 is 0 Å².